The topological polar surface area (TPSA) is 78.9 Å². The summed E-state index contributed by atoms with van der Waals surface area (Å²) in [4.78, 5) is 24.1. The Balaban J connectivity index is 1.88. The number of carbonyl (C=O) groups is 2. The number of rotatable bonds is 3. The number of ether oxygens (including phenoxy) is 1. The highest BCUT2D eigenvalue weighted by molar-refractivity contribution is 5.81. The largest absolute Gasteiger partial charge is 0.479 e. The van der Waals surface area contributed by atoms with E-state index in [1.54, 1.807) is 4.90 Å². The van der Waals surface area contributed by atoms with Crippen LogP contribution in [-0.2, 0) is 14.3 Å². The summed E-state index contributed by atoms with van der Waals surface area (Å²) in [7, 11) is 0. The standard InChI is InChI=1S/C11H18N2O4/c14-10-7-17-9(11(15)16)6-13(10)5-8-1-3-12-4-2-8/h8-9,12H,1-7H2,(H,15,16). The lowest BCUT2D eigenvalue weighted by molar-refractivity contribution is -0.165. The first-order valence-electron chi connectivity index (χ1n) is 5.99. The van der Waals surface area contributed by atoms with Crippen LogP contribution >= 0.6 is 0 Å². The Bertz CT molecular complexity index is 302. The number of piperidine rings is 1. The van der Waals surface area contributed by atoms with Crippen molar-refractivity contribution in [2.75, 3.05) is 32.8 Å². The molecule has 96 valence electrons. The molecule has 0 aromatic heterocycles. The Morgan fingerprint density at radius 3 is 2.82 bits per heavy atom. The van der Waals surface area contributed by atoms with Gasteiger partial charge in [0.1, 0.15) is 6.61 Å². The highest BCUT2D eigenvalue weighted by Gasteiger charge is 2.32. The van der Waals surface area contributed by atoms with Gasteiger partial charge in [-0.3, -0.25) is 4.79 Å². The van der Waals surface area contributed by atoms with Crippen molar-refractivity contribution >= 4 is 11.9 Å². The summed E-state index contributed by atoms with van der Waals surface area (Å²) < 4.78 is 4.97. The average molecular weight is 242 g/mol. The molecule has 1 atom stereocenters. The monoisotopic (exact) mass is 242 g/mol. The molecule has 0 bridgehead atoms. The second kappa shape index (κ2) is 5.46. The SMILES string of the molecule is O=C(O)C1CN(CC2CCNCC2)C(=O)CO1. The molecule has 2 aliphatic heterocycles. The van der Waals surface area contributed by atoms with E-state index >= 15 is 0 Å². The molecule has 0 spiro atoms. The second-order valence-corrected chi connectivity index (χ2v) is 4.63. The number of amides is 1. The zero-order chi connectivity index (χ0) is 12.3. The molecule has 17 heavy (non-hydrogen) atoms. The zero-order valence-corrected chi connectivity index (χ0v) is 9.72. The number of hydrogen-bond donors (Lipinski definition) is 2. The highest BCUT2D eigenvalue weighted by atomic mass is 16.5. The average Bonchev–Trinajstić information content (AvgIpc) is 2.33. The summed E-state index contributed by atoms with van der Waals surface area (Å²) in [6.07, 6.45) is 1.22. The molecular formula is C11H18N2O4. The number of hydrogen-bond acceptors (Lipinski definition) is 4. The van der Waals surface area contributed by atoms with Gasteiger partial charge in [0.2, 0.25) is 5.91 Å². The van der Waals surface area contributed by atoms with E-state index in [-0.39, 0.29) is 19.1 Å². The maximum Gasteiger partial charge on any atom is 0.334 e. The van der Waals surface area contributed by atoms with E-state index in [9.17, 15) is 9.59 Å². The number of nitrogens with one attached hydrogen (secondary N) is 1. The number of carbonyl (C=O) groups excluding carboxylic acids is 1. The Hall–Kier alpha value is -1.14. The van der Waals surface area contributed by atoms with Gasteiger partial charge in [-0.15, -0.1) is 0 Å². The third kappa shape index (κ3) is 3.17. The minimum atomic E-state index is -0.993. The third-order valence-corrected chi connectivity index (χ3v) is 3.36. The van der Waals surface area contributed by atoms with Crippen molar-refractivity contribution in [1.82, 2.24) is 10.2 Å². The molecule has 2 aliphatic rings. The van der Waals surface area contributed by atoms with Gasteiger partial charge in [0.25, 0.3) is 0 Å². The molecule has 6 nitrogen and oxygen atoms in total. The fourth-order valence-corrected chi connectivity index (χ4v) is 2.32. The molecule has 2 rings (SSSR count). The van der Waals surface area contributed by atoms with Crippen molar-refractivity contribution in [3.63, 3.8) is 0 Å². The highest BCUT2D eigenvalue weighted by Crippen LogP contribution is 2.16. The lowest BCUT2D eigenvalue weighted by Crippen LogP contribution is -2.51. The van der Waals surface area contributed by atoms with Gasteiger partial charge in [-0.1, -0.05) is 0 Å². The first kappa shape index (κ1) is 12.3. The van der Waals surface area contributed by atoms with E-state index in [1.165, 1.54) is 0 Å². The van der Waals surface area contributed by atoms with E-state index < -0.39 is 12.1 Å². The van der Waals surface area contributed by atoms with Crippen LogP contribution in [-0.4, -0.2) is 60.8 Å². The molecule has 0 aromatic rings. The van der Waals surface area contributed by atoms with Gasteiger partial charge in [-0.25, -0.2) is 4.79 Å². The molecule has 0 aromatic carbocycles. The lowest BCUT2D eigenvalue weighted by Gasteiger charge is -2.34. The van der Waals surface area contributed by atoms with Gasteiger partial charge in [0, 0.05) is 6.54 Å². The maximum atomic E-state index is 11.6. The lowest BCUT2D eigenvalue weighted by atomic mass is 9.97. The minimum Gasteiger partial charge on any atom is -0.479 e. The van der Waals surface area contributed by atoms with Crippen molar-refractivity contribution in [3.8, 4) is 0 Å². The molecule has 0 saturated carbocycles. The minimum absolute atomic E-state index is 0.0963. The molecular weight excluding hydrogens is 224 g/mol. The van der Waals surface area contributed by atoms with Crippen LogP contribution in [0.4, 0.5) is 0 Å². The van der Waals surface area contributed by atoms with Crippen molar-refractivity contribution < 1.29 is 19.4 Å². The van der Waals surface area contributed by atoms with Crippen LogP contribution in [0.3, 0.4) is 0 Å². The van der Waals surface area contributed by atoms with E-state index in [1.807, 2.05) is 0 Å². The molecule has 2 saturated heterocycles. The molecule has 2 heterocycles. The summed E-state index contributed by atoms with van der Waals surface area (Å²) >= 11 is 0. The number of nitrogens with zero attached hydrogens (tertiary/aromatic N) is 1. The Labute approximate surface area is 99.9 Å². The quantitative estimate of drug-likeness (QED) is 0.684. The summed E-state index contributed by atoms with van der Waals surface area (Å²) in [5.74, 6) is -0.610. The van der Waals surface area contributed by atoms with Gasteiger partial charge in [0.15, 0.2) is 6.10 Å². The fraction of sp³-hybridized carbons (Fsp3) is 0.818. The molecule has 2 N–H and O–H groups in total. The number of carboxylic acids is 1. The second-order valence-electron chi connectivity index (χ2n) is 4.63. The third-order valence-electron chi connectivity index (χ3n) is 3.36. The summed E-state index contributed by atoms with van der Waals surface area (Å²) in [6.45, 7) is 2.69. The first-order valence-corrected chi connectivity index (χ1v) is 5.99. The van der Waals surface area contributed by atoms with E-state index in [0.717, 1.165) is 25.9 Å². The van der Waals surface area contributed by atoms with Gasteiger partial charge < -0.3 is 20.1 Å². The van der Waals surface area contributed by atoms with Gasteiger partial charge >= 0.3 is 5.97 Å². The van der Waals surface area contributed by atoms with Crippen LogP contribution < -0.4 is 5.32 Å². The van der Waals surface area contributed by atoms with E-state index in [0.29, 0.717) is 12.5 Å². The van der Waals surface area contributed by atoms with Gasteiger partial charge in [0.05, 0.1) is 6.54 Å². The van der Waals surface area contributed by atoms with E-state index in [2.05, 4.69) is 5.32 Å². The van der Waals surface area contributed by atoms with Crippen molar-refractivity contribution in [2.45, 2.75) is 18.9 Å². The molecule has 0 radical (unpaired) electrons. The maximum absolute atomic E-state index is 11.6. The van der Waals surface area contributed by atoms with Crippen LogP contribution in [0.5, 0.6) is 0 Å². The van der Waals surface area contributed by atoms with Crippen LogP contribution in [0.2, 0.25) is 0 Å². The number of carboxylic acid groups (broad SMARTS) is 1. The van der Waals surface area contributed by atoms with E-state index in [4.69, 9.17) is 9.84 Å². The summed E-state index contributed by atoms with van der Waals surface area (Å²) in [5.41, 5.74) is 0. The van der Waals surface area contributed by atoms with Crippen molar-refractivity contribution in [1.29, 1.82) is 0 Å². The Morgan fingerprint density at radius 1 is 1.47 bits per heavy atom. The molecule has 1 unspecified atom stereocenters. The van der Waals surface area contributed by atoms with Crippen LogP contribution in [0.25, 0.3) is 0 Å². The van der Waals surface area contributed by atoms with Crippen LogP contribution in [0.1, 0.15) is 12.8 Å². The number of morpholine rings is 1. The molecule has 1 amide bonds. The number of aliphatic carboxylic acids is 1. The first-order chi connectivity index (χ1) is 8.16. The van der Waals surface area contributed by atoms with Gasteiger partial charge in [-0.05, 0) is 31.8 Å². The molecule has 0 aliphatic carbocycles. The van der Waals surface area contributed by atoms with Crippen molar-refractivity contribution in [3.05, 3.63) is 0 Å². The predicted molar refractivity (Wildman–Crippen MR) is 59.5 cm³/mol. The summed E-state index contributed by atoms with van der Waals surface area (Å²) in [5, 5.41) is 12.1. The fourth-order valence-electron chi connectivity index (χ4n) is 2.32. The predicted octanol–water partition coefficient (Wildman–Crippen LogP) is -0.702. The molecule has 6 heteroatoms. The summed E-state index contributed by atoms with van der Waals surface area (Å²) in [6, 6.07) is 0. The van der Waals surface area contributed by atoms with Crippen LogP contribution in [0, 0.1) is 5.92 Å². The normalized spacial score (nSPS) is 27.2. The van der Waals surface area contributed by atoms with Crippen LogP contribution in [0.15, 0.2) is 0 Å². The van der Waals surface area contributed by atoms with Crippen molar-refractivity contribution in [2.24, 2.45) is 5.92 Å². The Kier molecular flexibility index (Phi) is 3.96. The Morgan fingerprint density at radius 2 is 2.18 bits per heavy atom. The van der Waals surface area contributed by atoms with Gasteiger partial charge in [-0.2, -0.15) is 0 Å². The smallest absolute Gasteiger partial charge is 0.334 e. The zero-order valence-electron chi connectivity index (χ0n) is 9.72. The molecule has 2 fully saturated rings.